The molecule has 1 aromatic heterocycles. The minimum absolute atomic E-state index is 0. The predicted octanol–water partition coefficient (Wildman–Crippen LogP) is 2.33. The molecule has 0 radical (unpaired) electrons. The van der Waals surface area contributed by atoms with E-state index in [0.29, 0.717) is 5.69 Å². The van der Waals surface area contributed by atoms with Gasteiger partial charge < -0.3 is 10.5 Å². The summed E-state index contributed by atoms with van der Waals surface area (Å²) in [6.07, 6.45) is -2.97. The number of ether oxygens (including phenoxy) is 1. The number of nitrogens with two attached hydrogens (primary N) is 1. The molecule has 0 aliphatic carbocycles. The Hall–Kier alpha value is -0.720. The predicted molar refractivity (Wildman–Crippen MR) is 58.2 cm³/mol. The van der Waals surface area contributed by atoms with E-state index in [2.05, 4.69) is 9.72 Å². The molecule has 0 amide bonds. The fraction of sp³-hybridized carbons (Fsp3) is 0.375. The van der Waals surface area contributed by atoms with Crippen LogP contribution in [0.3, 0.4) is 0 Å². The fourth-order valence-corrected chi connectivity index (χ4v) is 0.823. The van der Waals surface area contributed by atoms with Crippen molar-refractivity contribution in [3.8, 4) is 5.75 Å². The Labute approximate surface area is 103 Å². The van der Waals surface area contributed by atoms with Crippen LogP contribution in [0.5, 0.6) is 5.75 Å². The second-order valence-electron chi connectivity index (χ2n) is 2.59. The third-order valence-corrected chi connectivity index (χ3v) is 1.40. The van der Waals surface area contributed by atoms with Gasteiger partial charge in [0.1, 0.15) is 5.75 Å². The largest absolute Gasteiger partial charge is 0.484 e. The van der Waals surface area contributed by atoms with E-state index < -0.39 is 12.8 Å². The van der Waals surface area contributed by atoms with Crippen LogP contribution < -0.4 is 10.5 Å². The summed E-state index contributed by atoms with van der Waals surface area (Å²) in [5, 5.41) is 0. The Bertz CT molecular complexity index is 310. The molecule has 0 atom stereocenters. The van der Waals surface area contributed by atoms with Crippen molar-refractivity contribution in [2.24, 2.45) is 5.73 Å². The highest BCUT2D eigenvalue weighted by molar-refractivity contribution is 5.85. The summed E-state index contributed by atoms with van der Waals surface area (Å²) in [5.41, 5.74) is 5.75. The number of nitrogens with zero attached hydrogens (tertiary/aromatic N) is 1. The summed E-state index contributed by atoms with van der Waals surface area (Å²) in [7, 11) is 0. The van der Waals surface area contributed by atoms with Crippen LogP contribution in [-0.4, -0.2) is 17.8 Å². The van der Waals surface area contributed by atoms with E-state index in [1.165, 1.54) is 18.3 Å². The number of rotatable bonds is 3. The van der Waals surface area contributed by atoms with E-state index in [1.807, 2.05) is 0 Å². The van der Waals surface area contributed by atoms with Crippen molar-refractivity contribution in [1.82, 2.24) is 4.98 Å². The van der Waals surface area contributed by atoms with Gasteiger partial charge in [0.25, 0.3) is 0 Å². The van der Waals surface area contributed by atoms with E-state index in [-0.39, 0.29) is 37.1 Å². The summed E-state index contributed by atoms with van der Waals surface area (Å²) in [6.45, 7) is -1.13. The van der Waals surface area contributed by atoms with Crippen LogP contribution in [0.25, 0.3) is 0 Å². The molecule has 0 spiro atoms. The van der Waals surface area contributed by atoms with Crippen molar-refractivity contribution < 1.29 is 17.9 Å². The van der Waals surface area contributed by atoms with Crippen LogP contribution in [0, 0.1) is 0 Å². The first-order valence-corrected chi connectivity index (χ1v) is 3.86. The lowest BCUT2D eigenvalue weighted by Gasteiger charge is -2.09. The van der Waals surface area contributed by atoms with Crippen molar-refractivity contribution in [2.45, 2.75) is 12.7 Å². The Morgan fingerprint density at radius 1 is 1.31 bits per heavy atom. The van der Waals surface area contributed by atoms with Gasteiger partial charge in [-0.3, -0.25) is 4.98 Å². The molecule has 0 saturated carbocycles. The molecule has 1 aromatic rings. The van der Waals surface area contributed by atoms with Gasteiger partial charge in [-0.2, -0.15) is 13.2 Å². The zero-order chi connectivity index (χ0) is 10.6. The van der Waals surface area contributed by atoms with Crippen LogP contribution in [-0.2, 0) is 6.54 Å². The number of pyridine rings is 1. The van der Waals surface area contributed by atoms with Crippen LogP contribution >= 0.6 is 24.8 Å². The Balaban J connectivity index is 0. The maximum absolute atomic E-state index is 11.8. The van der Waals surface area contributed by atoms with Gasteiger partial charge >= 0.3 is 6.18 Å². The molecule has 0 saturated heterocycles. The Morgan fingerprint density at radius 2 is 1.94 bits per heavy atom. The molecular weight excluding hydrogens is 268 g/mol. The maximum Gasteiger partial charge on any atom is 0.422 e. The standard InChI is InChI=1S/C8H9F3N2O.2ClH/c9-8(10,11)5-14-7-1-2-13-6(3-7)4-12;;/h1-3H,4-5,12H2;2*1H. The summed E-state index contributed by atoms with van der Waals surface area (Å²) in [6, 6.07) is 2.73. The second-order valence-corrected chi connectivity index (χ2v) is 2.59. The SMILES string of the molecule is Cl.Cl.NCc1cc(OCC(F)(F)F)ccn1. The van der Waals surface area contributed by atoms with Gasteiger partial charge in [-0.15, -0.1) is 24.8 Å². The summed E-state index contributed by atoms with van der Waals surface area (Å²) in [5.74, 6) is 0.123. The Kier molecular flexibility index (Phi) is 8.32. The molecule has 0 bridgehead atoms. The molecule has 8 heteroatoms. The normalized spacial score (nSPS) is 10.0. The lowest BCUT2D eigenvalue weighted by Crippen LogP contribution is -2.19. The van der Waals surface area contributed by atoms with E-state index in [9.17, 15) is 13.2 Å². The number of halogens is 5. The Morgan fingerprint density at radius 3 is 2.44 bits per heavy atom. The molecule has 1 heterocycles. The van der Waals surface area contributed by atoms with Crippen LogP contribution in [0.1, 0.15) is 5.69 Å². The van der Waals surface area contributed by atoms with E-state index in [0.717, 1.165) is 0 Å². The molecule has 0 fully saturated rings. The van der Waals surface area contributed by atoms with E-state index in [4.69, 9.17) is 5.73 Å². The molecule has 94 valence electrons. The van der Waals surface area contributed by atoms with Crippen molar-refractivity contribution in [2.75, 3.05) is 6.61 Å². The van der Waals surface area contributed by atoms with Crippen molar-refractivity contribution >= 4 is 24.8 Å². The van der Waals surface area contributed by atoms with Crippen molar-refractivity contribution in [3.63, 3.8) is 0 Å². The van der Waals surface area contributed by atoms with Gasteiger partial charge in [-0.25, -0.2) is 0 Å². The van der Waals surface area contributed by atoms with Gasteiger partial charge in [0.2, 0.25) is 0 Å². The minimum Gasteiger partial charge on any atom is -0.484 e. The number of hydrogen-bond donors (Lipinski definition) is 1. The first kappa shape index (κ1) is 17.7. The molecule has 0 aromatic carbocycles. The van der Waals surface area contributed by atoms with E-state index >= 15 is 0 Å². The molecule has 3 nitrogen and oxygen atoms in total. The monoisotopic (exact) mass is 278 g/mol. The third kappa shape index (κ3) is 6.71. The topological polar surface area (TPSA) is 48.1 Å². The smallest absolute Gasteiger partial charge is 0.422 e. The average Bonchev–Trinajstić information content (AvgIpc) is 2.14. The van der Waals surface area contributed by atoms with E-state index in [1.54, 1.807) is 0 Å². The molecule has 1 rings (SSSR count). The molecule has 0 aliphatic rings. The van der Waals surface area contributed by atoms with Gasteiger partial charge in [0.15, 0.2) is 6.61 Å². The number of aromatic nitrogens is 1. The average molecular weight is 279 g/mol. The quantitative estimate of drug-likeness (QED) is 0.923. The zero-order valence-electron chi connectivity index (χ0n) is 8.03. The second kappa shape index (κ2) is 7.54. The lowest BCUT2D eigenvalue weighted by atomic mass is 10.3. The molecule has 16 heavy (non-hydrogen) atoms. The summed E-state index contributed by atoms with van der Waals surface area (Å²) in [4.78, 5) is 3.82. The lowest BCUT2D eigenvalue weighted by molar-refractivity contribution is -0.153. The fourth-order valence-electron chi connectivity index (χ4n) is 0.823. The molecule has 0 unspecified atom stereocenters. The van der Waals surface area contributed by atoms with Crippen molar-refractivity contribution in [1.29, 1.82) is 0 Å². The summed E-state index contributed by atoms with van der Waals surface area (Å²) >= 11 is 0. The van der Waals surface area contributed by atoms with Crippen LogP contribution in [0.15, 0.2) is 18.3 Å². The highest BCUT2D eigenvalue weighted by Gasteiger charge is 2.28. The minimum atomic E-state index is -4.33. The third-order valence-electron chi connectivity index (χ3n) is 1.40. The molecule has 0 aliphatic heterocycles. The number of hydrogen-bond acceptors (Lipinski definition) is 3. The number of alkyl halides is 3. The van der Waals surface area contributed by atoms with Gasteiger partial charge in [0.05, 0.1) is 5.69 Å². The van der Waals surface area contributed by atoms with Crippen molar-refractivity contribution in [3.05, 3.63) is 24.0 Å². The zero-order valence-corrected chi connectivity index (χ0v) is 9.66. The van der Waals surface area contributed by atoms with Crippen LogP contribution in [0.4, 0.5) is 13.2 Å². The van der Waals surface area contributed by atoms with Crippen LogP contribution in [0.2, 0.25) is 0 Å². The first-order chi connectivity index (χ1) is 6.51. The first-order valence-electron chi connectivity index (χ1n) is 3.86. The maximum atomic E-state index is 11.8. The molecule has 2 N–H and O–H groups in total. The van der Waals surface area contributed by atoms with Gasteiger partial charge in [-0.1, -0.05) is 0 Å². The summed E-state index contributed by atoms with van der Waals surface area (Å²) < 4.78 is 39.8. The molecular formula is C8H11Cl2F3N2O. The van der Waals surface area contributed by atoms with Gasteiger partial charge in [0, 0.05) is 18.8 Å². The highest BCUT2D eigenvalue weighted by atomic mass is 35.5. The van der Waals surface area contributed by atoms with Gasteiger partial charge in [-0.05, 0) is 6.07 Å². The highest BCUT2D eigenvalue weighted by Crippen LogP contribution is 2.18.